The van der Waals surface area contributed by atoms with E-state index in [1.54, 1.807) is 7.11 Å². The van der Waals surface area contributed by atoms with Crippen molar-refractivity contribution in [3.8, 4) is 0 Å². The minimum atomic E-state index is -0.703. The van der Waals surface area contributed by atoms with Crippen molar-refractivity contribution in [3.63, 3.8) is 0 Å². The standard InChI is InChI=1S/C14H27NO4/c1-13(16,7-8-17-2)11-15-12-3-5-14(6-4-12)18-9-10-19-14/h12,15-16H,3-11H2,1-2H3. The van der Waals surface area contributed by atoms with E-state index in [0.29, 0.717) is 25.6 Å². The average Bonchev–Trinajstić information content (AvgIpc) is 2.85. The van der Waals surface area contributed by atoms with Crippen LogP contribution in [0.1, 0.15) is 39.0 Å². The van der Waals surface area contributed by atoms with Gasteiger partial charge in [0, 0.05) is 45.6 Å². The molecule has 2 rings (SSSR count). The Balaban J connectivity index is 1.68. The van der Waals surface area contributed by atoms with Crippen LogP contribution >= 0.6 is 0 Å². The van der Waals surface area contributed by atoms with Gasteiger partial charge in [-0.3, -0.25) is 0 Å². The summed E-state index contributed by atoms with van der Waals surface area (Å²) >= 11 is 0. The minimum Gasteiger partial charge on any atom is -0.389 e. The van der Waals surface area contributed by atoms with E-state index in [9.17, 15) is 5.11 Å². The second-order valence-electron chi connectivity index (χ2n) is 6.00. The first-order valence-electron chi connectivity index (χ1n) is 7.28. The van der Waals surface area contributed by atoms with Gasteiger partial charge in [0.15, 0.2) is 5.79 Å². The molecule has 19 heavy (non-hydrogen) atoms. The van der Waals surface area contributed by atoms with Crippen molar-refractivity contribution in [2.75, 3.05) is 33.5 Å². The molecule has 0 bridgehead atoms. The molecule has 0 amide bonds. The van der Waals surface area contributed by atoms with Crippen molar-refractivity contribution >= 4 is 0 Å². The Kier molecular flexibility index (Phi) is 5.20. The molecule has 1 heterocycles. The molecule has 112 valence electrons. The van der Waals surface area contributed by atoms with Gasteiger partial charge in [-0.05, 0) is 19.8 Å². The average molecular weight is 273 g/mol. The number of methoxy groups -OCH3 is 1. The SMILES string of the molecule is COCCC(C)(O)CNC1CCC2(CC1)OCCO2. The molecule has 1 saturated heterocycles. The molecule has 1 saturated carbocycles. The zero-order chi connectivity index (χ0) is 13.8. The minimum absolute atomic E-state index is 0.295. The highest BCUT2D eigenvalue weighted by molar-refractivity contribution is 4.87. The van der Waals surface area contributed by atoms with Crippen LogP contribution in [-0.4, -0.2) is 56.0 Å². The zero-order valence-electron chi connectivity index (χ0n) is 12.1. The topological polar surface area (TPSA) is 60.0 Å². The van der Waals surface area contributed by atoms with Crippen LogP contribution in [0.4, 0.5) is 0 Å². The van der Waals surface area contributed by atoms with Crippen LogP contribution in [-0.2, 0) is 14.2 Å². The van der Waals surface area contributed by atoms with Gasteiger partial charge in [-0.1, -0.05) is 0 Å². The van der Waals surface area contributed by atoms with Crippen LogP contribution < -0.4 is 5.32 Å². The fraction of sp³-hybridized carbons (Fsp3) is 1.00. The third-order valence-corrected chi connectivity index (χ3v) is 4.18. The second-order valence-corrected chi connectivity index (χ2v) is 6.00. The molecule has 1 aliphatic carbocycles. The molecule has 1 unspecified atom stereocenters. The Bertz CT molecular complexity index is 267. The van der Waals surface area contributed by atoms with Crippen molar-refractivity contribution in [2.45, 2.75) is 56.5 Å². The molecule has 2 aliphatic rings. The fourth-order valence-electron chi connectivity index (χ4n) is 2.82. The molecule has 2 fully saturated rings. The number of ether oxygens (including phenoxy) is 3. The summed E-state index contributed by atoms with van der Waals surface area (Å²) < 4.78 is 16.4. The molecule has 0 radical (unpaired) electrons. The van der Waals surface area contributed by atoms with Crippen LogP contribution in [0, 0.1) is 0 Å². The van der Waals surface area contributed by atoms with E-state index in [0.717, 1.165) is 38.9 Å². The van der Waals surface area contributed by atoms with Gasteiger partial charge in [0.2, 0.25) is 0 Å². The smallest absolute Gasteiger partial charge is 0.168 e. The van der Waals surface area contributed by atoms with E-state index in [-0.39, 0.29) is 5.79 Å². The molecule has 0 aromatic heterocycles. The molecule has 0 aromatic carbocycles. The van der Waals surface area contributed by atoms with Crippen molar-refractivity contribution in [3.05, 3.63) is 0 Å². The summed E-state index contributed by atoms with van der Waals surface area (Å²) in [5, 5.41) is 13.6. The summed E-state index contributed by atoms with van der Waals surface area (Å²) in [5.74, 6) is -0.295. The number of hydrogen-bond donors (Lipinski definition) is 2. The lowest BCUT2D eigenvalue weighted by molar-refractivity contribution is -0.179. The molecular weight excluding hydrogens is 246 g/mol. The predicted octanol–water partition coefficient (Wildman–Crippen LogP) is 1.05. The maximum atomic E-state index is 10.2. The lowest BCUT2D eigenvalue weighted by Crippen LogP contribution is -2.47. The van der Waals surface area contributed by atoms with E-state index < -0.39 is 5.60 Å². The van der Waals surface area contributed by atoms with Gasteiger partial charge in [0.25, 0.3) is 0 Å². The van der Waals surface area contributed by atoms with Crippen molar-refractivity contribution < 1.29 is 19.3 Å². The molecule has 5 nitrogen and oxygen atoms in total. The highest BCUT2D eigenvalue weighted by atomic mass is 16.7. The molecule has 1 spiro atoms. The first-order chi connectivity index (χ1) is 9.05. The predicted molar refractivity (Wildman–Crippen MR) is 72.0 cm³/mol. The number of nitrogens with one attached hydrogen (secondary N) is 1. The number of aliphatic hydroxyl groups is 1. The Labute approximate surface area is 115 Å². The lowest BCUT2D eigenvalue weighted by atomic mass is 9.89. The van der Waals surface area contributed by atoms with E-state index in [1.165, 1.54) is 0 Å². The van der Waals surface area contributed by atoms with Gasteiger partial charge in [0.1, 0.15) is 0 Å². The van der Waals surface area contributed by atoms with Crippen LogP contribution in [0.3, 0.4) is 0 Å². The lowest BCUT2D eigenvalue weighted by Gasteiger charge is -2.36. The molecule has 1 aliphatic heterocycles. The quantitative estimate of drug-likeness (QED) is 0.757. The Morgan fingerprint density at radius 3 is 2.53 bits per heavy atom. The Morgan fingerprint density at radius 2 is 1.95 bits per heavy atom. The van der Waals surface area contributed by atoms with E-state index in [1.807, 2.05) is 6.92 Å². The van der Waals surface area contributed by atoms with Crippen LogP contribution in [0.15, 0.2) is 0 Å². The third kappa shape index (κ3) is 4.39. The molecule has 5 heteroatoms. The highest BCUT2D eigenvalue weighted by Gasteiger charge is 2.40. The fourth-order valence-corrected chi connectivity index (χ4v) is 2.82. The van der Waals surface area contributed by atoms with Gasteiger partial charge in [0.05, 0.1) is 18.8 Å². The van der Waals surface area contributed by atoms with Crippen LogP contribution in [0.2, 0.25) is 0 Å². The zero-order valence-corrected chi connectivity index (χ0v) is 12.1. The maximum absolute atomic E-state index is 10.2. The van der Waals surface area contributed by atoms with Crippen molar-refractivity contribution in [1.29, 1.82) is 0 Å². The Morgan fingerprint density at radius 1 is 1.32 bits per heavy atom. The van der Waals surface area contributed by atoms with Gasteiger partial charge < -0.3 is 24.6 Å². The first kappa shape index (κ1) is 15.2. The second kappa shape index (κ2) is 6.50. The normalized spacial score (nSPS) is 26.7. The molecule has 2 N–H and O–H groups in total. The largest absolute Gasteiger partial charge is 0.389 e. The van der Waals surface area contributed by atoms with E-state index >= 15 is 0 Å². The van der Waals surface area contributed by atoms with Gasteiger partial charge in [-0.15, -0.1) is 0 Å². The number of rotatable bonds is 6. The van der Waals surface area contributed by atoms with Gasteiger partial charge in [-0.2, -0.15) is 0 Å². The van der Waals surface area contributed by atoms with E-state index in [2.05, 4.69) is 5.32 Å². The molecular formula is C14H27NO4. The molecule has 1 atom stereocenters. The number of hydrogen-bond acceptors (Lipinski definition) is 5. The van der Waals surface area contributed by atoms with Gasteiger partial charge in [-0.25, -0.2) is 0 Å². The Hall–Kier alpha value is -0.200. The first-order valence-corrected chi connectivity index (χ1v) is 7.28. The third-order valence-electron chi connectivity index (χ3n) is 4.18. The highest BCUT2D eigenvalue weighted by Crippen LogP contribution is 2.35. The summed E-state index contributed by atoms with van der Waals surface area (Å²) in [6, 6.07) is 0.451. The van der Waals surface area contributed by atoms with Crippen LogP contribution in [0.25, 0.3) is 0 Å². The summed E-state index contributed by atoms with van der Waals surface area (Å²) in [6.45, 7) is 4.50. The summed E-state index contributed by atoms with van der Waals surface area (Å²) in [4.78, 5) is 0. The van der Waals surface area contributed by atoms with Crippen molar-refractivity contribution in [2.24, 2.45) is 0 Å². The van der Waals surface area contributed by atoms with Gasteiger partial charge >= 0.3 is 0 Å². The summed E-state index contributed by atoms with van der Waals surface area (Å²) in [7, 11) is 1.66. The van der Waals surface area contributed by atoms with Crippen molar-refractivity contribution in [1.82, 2.24) is 5.32 Å². The maximum Gasteiger partial charge on any atom is 0.168 e. The van der Waals surface area contributed by atoms with Crippen LogP contribution in [0.5, 0.6) is 0 Å². The van der Waals surface area contributed by atoms with E-state index in [4.69, 9.17) is 14.2 Å². The summed E-state index contributed by atoms with van der Waals surface area (Å²) in [5.41, 5.74) is -0.703. The summed E-state index contributed by atoms with van der Waals surface area (Å²) in [6.07, 6.45) is 4.63. The molecule has 0 aromatic rings. The monoisotopic (exact) mass is 273 g/mol.